The summed E-state index contributed by atoms with van der Waals surface area (Å²) >= 11 is 0. The molecule has 1 atom stereocenters. The predicted octanol–water partition coefficient (Wildman–Crippen LogP) is 2.66. The fraction of sp³-hybridized carbons (Fsp3) is 0.579. The molecule has 2 saturated heterocycles. The topological polar surface area (TPSA) is 57.3 Å². The van der Waals surface area contributed by atoms with E-state index in [1.807, 2.05) is 6.07 Å². The van der Waals surface area contributed by atoms with Gasteiger partial charge in [-0.3, -0.25) is 10.00 Å². The molecule has 1 unspecified atom stereocenters. The fourth-order valence-corrected chi connectivity index (χ4v) is 4.27. The molecule has 4 rings (SSSR count). The third-order valence-electron chi connectivity index (χ3n) is 5.67. The first-order valence-corrected chi connectivity index (χ1v) is 9.32. The first kappa shape index (κ1) is 16.4. The molecule has 1 N–H and O–H groups in total. The van der Waals surface area contributed by atoms with Crippen molar-refractivity contribution < 1.29 is 4.74 Å². The third-order valence-corrected chi connectivity index (χ3v) is 5.67. The van der Waals surface area contributed by atoms with Gasteiger partial charge in [0.15, 0.2) is 0 Å². The van der Waals surface area contributed by atoms with E-state index >= 15 is 0 Å². The minimum Gasteiger partial charge on any atom is -0.497 e. The van der Waals surface area contributed by atoms with E-state index in [2.05, 4.69) is 43.2 Å². The minimum absolute atomic E-state index is 0.507. The number of likely N-dealkylation sites (tertiary alicyclic amines) is 1. The molecule has 0 saturated carbocycles. The Balaban J connectivity index is 1.35. The second-order valence-electron chi connectivity index (χ2n) is 7.12. The Labute approximate surface area is 149 Å². The van der Waals surface area contributed by atoms with Crippen molar-refractivity contribution >= 4 is 5.69 Å². The van der Waals surface area contributed by atoms with Gasteiger partial charge in [-0.1, -0.05) is 6.07 Å². The highest BCUT2D eigenvalue weighted by atomic mass is 16.5. The molecule has 0 radical (unpaired) electrons. The van der Waals surface area contributed by atoms with Crippen molar-refractivity contribution in [3.05, 3.63) is 36.4 Å². The molecule has 25 heavy (non-hydrogen) atoms. The van der Waals surface area contributed by atoms with Crippen LogP contribution in [0.1, 0.15) is 37.4 Å². The van der Waals surface area contributed by atoms with Crippen molar-refractivity contribution in [1.82, 2.24) is 20.1 Å². The van der Waals surface area contributed by atoms with Crippen LogP contribution in [-0.4, -0.2) is 59.4 Å². The summed E-state index contributed by atoms with van der Waals surface area (Å²) in [7, 11) is 1.73. The lowest BCUT2D eigenvalue weighted by molar-refractivity contribution is 0.126. The van der Waals surface area contributed by atoms with Crippen LogP contribution in [0.4, 0.5) is 5.69 Å². The number of nitrogens with one attached hydrogen (secondary N) is 1. The number of H-pyrrole nitrogens is 1. The summed E-state index contributed by atoms with van der Waals surface area (Å²) in [6, 6.07) is 9.10. The van der Waals surface area contributed by atoms with E-state index in [9.17, 15) is 0 Å². The standard InChI is InChI=1S/C19H27N5O/c1-25-18-6-2-5-17(12-18)23-10-7-16(8-11-23)24-9-3-4-15(13-24)19-20-14-21-22-19/h2,5-6,12,14-16H,3-4,7-11,13H2,1H3,(H,20,21,22). The number of aromatic nitrogens is 3. The maximum atomic E-state index is 5.36. The van der Waals surface area contributed by atoms with Gasteiger partial charge < -0.3 is 9.64 Å². The van der Waals surface area contributed by atoms with Crippen LogP contribution in [0.15, 0.2) is 30.6 Å². The lowest BCUT2D eigenvalue weighted by atomic mass is 9.93. The van der Waals surface area contributed by atoms with E-state index in [1.54, 1.807) is 13.4 Å². The summed E-state index contributed by atoms with van der Waals surface area (Å²) < 4.78 is 5.36. The summed E-state index contributed by atoms with van der Waals surface area (Å²) in [5, 5.41) is 7.08. The highest BCUT2D eigenvalue weighted by molar-refractivity contribution is 5.51. The Morgan fingerprint density at radius 1 is 1.16 bits per heavy atom. The van der Waals surface area contributed by atoms with Gasteiger partial charge in [-0.05, 0) is 44.4 Å². The number of rotatable bonds is 4. The monoisotopic (exact) mass is 341 g/mol. The van der Waals surface area contributed by atoms with Crippen molar-refractivity contribution in [2.24, 2.45) is 0 Å². The van der Waals surface area contributed by atoms with Gasteiger partial charge in [-0.15, -0.1) is 0 Å². The highest BCUT2D eigenvalue weighted by Crippen LogP contribution is 2.30. The van der Waals surface area contributed by atoms with Crippen LogP contribution in [0.25, 0.3) is 0 Å². The zero-order chi connectivity index (χ0) is 17.1. The maximum absolute atomic E-state index is 5.36. The predicted molar refractivity (Wildman–Crippen MR) is 98.2 cm³/mol. The quantitative estimate of drug-likeness (QED) is 0.926. The summed E-state index contributed by atoms with van der Waals surface area (Å²) in [5.41, 5.74) is 1.27. The normalized spacial score (nSPS) is 22.9. The molecule has 2 aromatic rings. The number of hydrogen-bond acceptors (Lipinski definition) is 5. The van der Waals surface area contributed by atoms with Crippen LogP contribution >= 0.6 is 0 Å². The molecular formula is C19H27N5O. The van der Waals surface area contributed by atoms with Crippen LogP contribution in [0.3, 0.4) is 0 Å². The molecule has 0 aliphatic carbocycles. The van der Waals surface area contributed by atoms with E-state index in [-0.39, 0.29) is 0 Å². The second-order valence-corrected chi connectivity index (χ2v) is 7.12. The van der Waals surface area contributed by atoms with Crippen LogP contribution in [0, 0.1) is 0 Å². The molecule has 134 valence electrons. The number of ether oxygens (including phenoxy) is 1. The third kappa shape index (κ3) is 3.63. The Hall–Kier alpha value is -2.08. The van der Waals surface area contributed by atoms with Gasteiger partial charge in [0.25, 0.3) is 0 Å². The Morgan fingerprint density at radius 3 is 2.80 bits per heavy atom. The molecule has 3 heterocycles. The molecule has 0 bridgehead atoms. The number of piperidine rings is 2. The number of nitrogens with zero attached hydrogens (tertiary/aromatic N) is 4. The Morgan fingerprint density at radius 2 is 2.04 bits per heavy atom. The lowest BCUT2D eigenvalue weighted by Crippen LogP contribution is -2.48. The zero-order valence-electron chi connectivity index (χ0n) is 14.9. The molecule has 0 spiro atoms. The van der Waals surface area contributed by atoms with Crippen LogP contribution in [-0.2, 0) is 0 Å². The molecule has 6 heteroatoms. The Kier molecular flexibility index (Phi) is 4.88. The average Bonchev–Trinajstić information content (AvgIpc) is 3.23. The number of aromatic amines is 1. The fourth-order valence-electron chi connectivity index (χ4n) is 4.27. The van der Waals surface area contributed by atoms with E-state index in [0.29, 0.717) is 12.0 Å². The van der Waals surface area contributed by atoms with Crippen LogP contribution in [0.5, 0.6) is 5.75 Å². The van der Waals surface area contributed by atoms with Crippen molar-refractivity contribution in [2.75, 3.05) is 38.2 Å². The van der Waals surface area contributed by atoms with E-state index in [0.717, 1.165) is 31.2 Å². The summed E-state index contributed by atoms with van der Waals surface area (Å²) in [5.74, 6) is 2.50. The van der Waals surface area contributed by atoms with Gasteiger partial charge in [0.1, 0.15) is 17.9 Å². The van der Waals surface area contributed by atoms with Gasteiger partial charge in [-0.25, -0.2) is 4.98 Å². The number of anilines is 1. The number of benzene rings is 1. The first-order valence-electron chi connectivity index (χ1n) is 9.32. The van der Waals surface area contributed by atoms with E-state index in [1.165, 1.54) is 37.9 Å². The van der Waals surface area contributed by atoms with Crippen LogP contribution in [0.2, 0.25) is 0 Å². The summed E-state index contributed by atoms with van der Waals surface area (Å²) in [6.45, 7) is 4.55. The largest absolute Gasteiger partial charge is 0.497 e. The maximum Gasteiger partial charge on any atom is 0.137 e. The van der Waals surface area contributed by atoms with E-state index in [4.69, 9.17) is 4.74 Å². The smallest absolute Gasteiger partial charge is 0.137 e. The molecule has 2 aliphatic heterocycles. The molecular weight excluding hydrogens is 314 g/mol. The molecule has 0 amide bonds. The molecule has 2 fully saturated rings. The van der Waals surface area contributed by atoms with Crippen molar-refractivity contribution in [1.29, 1.82) is 0 Å². The summed E-state index contributed by atoms with van der Waals surface area (Å²) in [6.07, 6.45) is 6.54. The molecule has 2 aliphatic rings. The Bertz CT molecular complexity index is 666. The van der Waals surface area contributed by atoms with Crippen LogP contribution < -0.4 is 9.64 Å². The van der Waals surface area contributed by atoms with Crippen molar-refractivity contribution in [3.63, 3.8) is 0 Å². The van der Waals surface area contributed by atoms with Gasteiger partial charge >= 0.3 is 0 Å². The van der Waals surface area contributed by atoms with Crippen molar-refractivity contribution in [2.45, 2.75) is 37.6 Å². The van der Waals surface area contributed by atoms with Gasteiger partial charge in [-0.2, -0.15) is 5.10 Å². The average molecular weight is 341 g/mol. The number of hydrogen-bond donors (Lipinski definition) is 1. The van der Waals surface area contributed by atoms with Gasteiger partial charge in [0.05, 0.1) is 7.11 Å². The second kappa shape index (κ2) is 7.44. The molecule has 1 aromatic carbocycles. The zero-order valence-corrected chi connectivity index (χ0v) is 14.9. The molecule has 6 nitrogen and oxygen atoms in total. The van der Waals surface area contributed by atoms with Gasteiger partial charge in [0, 0.05) is 43.3 Å². The lowest BCUT2D eigenvalue weighted by Gasteiger charge is -2.42. The van der Waals surface area contributed by atoms with Gasteiger partial charge in [0.2, 0.25) is 0 Å². The van der Waals surface area contributed by atoms with E-state index < -0.39 is 0 Å². The minimum atomic E-state index is 0.507. The number of methoxy groups -OCH3 is 1. The first-order chi connectivity index (χ1) is 12.3. The van der Waals surface area contributed by atoms with Crippen molar-refractivity contribution in [3.8, 4) is 5.75 Å². The highest BCUT2D eigenvalue weighted by Gasteiger charge is 2.30. The summed E-state index contributed by atoms with van der Waals surface area (Å²) in [4.78, 5) is 9.54. The molecule has 1 aromatic heterocycles. The SMILES string of the molecule is COc1cccc(N2CCC(N3CCCC(c4ncn[nH]4)C3)CC2)c1.